The van der Waals surface area contributed by atoms with Crippen LogP contribution in [0.5, 0.6) is 0 Å². The van der Waals surface area contributed by atoms with Gasteiger partial charge in [0.25, 0.3) is 5.91 Å². The van der Waals surface area contributed by atoms with E-state index in [1.165, 1.54) is 5.56 Å². The highest BCUT2D eigenvalue weighted by molar-refractivity contribution is 5.93. The lowest BCUT2D eigenvalue weighted by molar-refractivity contribution is -0.124. The maximum atomic E-state index is 12.2. The number of aromatic nitrogens is 1. The van der Waals surface area contributed by atoms with Crippen molar-refractivity contribution < 1.29 is 14.3 Å². The number of nitrogens with zero attached hydrogens (tertiary/aromatic N) is 1. The van der Waals surface area contributed by atoms with Crippen molar-refractivity contribution >= 4 is 11.9 Å². The van der Waals surface area contributed by atoms with E-state index in [0.717, 1.165) is 17.1 Å². The van der Waals surface area contributed by atoms with Gasteiger partial charge >= 0.3 is 5.97 Å². The first-order chi connectivity index (χ1) is 10.9. The third-order valence-corrected chi connectivity index (χ3v) is 3.65. The number of hydrogen-bond acceptors (Lipinski definition) is 3. The normalized spacial score (nSPS) is 10.4. The maximum absolute atomic E-state index is 12.2. The average Bonchev–Trinajstić information content (AvgIpc) is 2.81. The van der Waals surface area contributed by atoms with Crippen LogP contribution in [-0.4, -0.2) is 29.6 Å². The van der Waals surface area contributed by atoms with Crippen molar-refractivity contribution in [3.05, 3.63) is 52.8 Å². The van der Waals surface area contributed by atoms with Crippen molar-refractivity contribution in [2.75, 3.05) is 13.2 Å². The van der Waals surface area contributed by atoms with Crippen LogP contribution in [0.3, 0.4) is 0 Å². The SMILES string of the molecule is CCNC(=O)COC(=O)c1cc(C)n(-c2ccc(C)cc2)c1C. The van der Waals surface area contributed by atoms with Gasteiger partial charge in [-0.05, 0) is 45.9 Å². The van der Waals surface area contributed by atoms with Crippen molar-refractivity contribution in [1.29, 1.82) is 0 Å². The van der Waals surface area contributed by atoms with E-state index in [2.05, 4.69) is 5.32 Å². The van der Waals surface area contributed by atoms with Crippen LogP contribution in [0.2, 0.25) is 0 Å². The Kier molecular flexibility index (Phi) is 5.21. The number of rotatable bonds is 5. The lowest BCUT2D eigenvalue weighted by atomic mass is 10.2. The Labute approximate surface area is 136 Å². The van der Waals surface area contributed by atoms with Gasteiger partial charge in [-0.2, -0.15) is 0 Å². The molecule has 0 saturated heterocycles. The van der Waals surface area contributed by atoms with Crippen molar-refractivity contribution in [2.24, 2.45) is 0 Å². The second-order valence-electron chi connectivity index (χ2n) is 5.49. The highest BCUT2D eigenvalue weighted by atomic mass is 16.5. The molecule has 2 aromatic rings. The number of amides is 1. The van der Waals surface area contributed by atoms with Gasteiger partial charge in [-0.25, -0.2) is 4.79 Å². The van der Waals surface area contributed by atoms with Gasteiger partial charge in [0, 0.05) is 23.6 Å². The van der Waals surface area contributed by atoms with Crippen LogP contribution in [0.25, 0.3) is 5.69 Å². The van der Waals surface area contributed by atoms with Gasteiger partial charge in [-0.3, -0.25) is 4.79 Å². The predicted molar refractivity (Wildman–Crippen MR) is 88.9 cm³/mol. The van der Waals surface area contributed by atoms with Crippen LogP contribution >= 0.6 is 0 Å². The largest absolute Gasteiger partial charge is 0.452 e. The zero-order valence-corrected chi connectivity index (χ0v) is 14.0. The number of carbonyl (C=O) groups excluding carboxylic acids is 2. The molecule has 0 bridgehead atoms. The van der Waals surface area contributed by atoms with Crippen LogP contribution < -0.4 is 5.32 Å². The number of ether oxygens (including phenoxy) is 1. The molecule has 0 atom stereocenters. The summed E-state index contributed by atoms with van der Waals surface area (Å²) >= 11 is 0. The van der Waals surface area contributed by atoms with E-state index in [9.17, 15) is 9.59 Å². The number of carbonyl (C=O) groups is 2. The van der Waals surface area contributed by atoms with Gasteiger partial charge < -0.3 is 14.6 Å². The predicted octanol–water partition coefficient (Wildman–Crippen LogP) is 2.70. The van der Waals surface area contributed by atoms with Crippen molar-refractivity contribution in [2.45, 2.75) is 27.7 Å². The highest BCUT2D eigenvalue weighted by Crippen LogP contribution is 2.21. The number of esters is 1. The first-order valence-corrected chi connectivity index (χ1v) is 7.63. The Balaban J connectivity index is 2.21. The Morgan fingerprint density at radius 3 is 2.39 bits per heavy atom. The second-order valence-corrected chi connectivity index (χ2v) is 5.49. The van der Waals surface area contributed by atoms with Gasteiger partial charge in [0.05, 0.1) is 5.56 Å². The van der Waals surface area contributed by atoms with Crippen LogP contribution in [0.4, 0.5) is 0 Å². The Hall–Kier alpha value is -2.56. The van der Waals surface area contributed by atoms with Crippen LogP contribution in [0.15, 0.2) is 30.3 Å². The lowest BCUT2D eigenvalue weighted by Gasteiger charge is -2.10. The van der Waals surface area contributed by atoms with Crippen LogP contribution in [-0.2, 0) is 9.53 Å². The minimum absolute atomic E-state index is 0.263. The summed E-state index contributed by atoms with van der Waals surface area (Å²) in [5, 5.41) is 2.59. The quantitative estimate of drug-likeness (QED) is 0.863. The van der Waals surface area contributed by atoms with Gasteiger partial charge in [-0.1, -0.05) is 17.7 Å². The van der Waals surface area contributed by atoms with E-state index in [-0.39, 0.29) is 12.5 Å². The summed E-state index contributed by atoms with van der Waals surface area (Å²) in [6.07, 6.45) is 0. The summed E-state index contributed by atoms with van der Waals surface area (Å²) in [6, 6.07) is 9.87. The summed E-state index contributed by atoms with van der Waals surface area (Å²) in [6.45, 7) is 7.90. The van der Waals surface area contributed by atoms with E-state index < -0.39 is 5.97 Å². The van der Waals surface area contributed by atoms with E-state index in [4.69, 9.17) is 4.74 Å². The average molecular weight is 314 g/mol. The first kappa shape index (κ1) is 16.8. The topological polar surface area (TPSA) is 60.3 Å². The molecule has 0 spiro atoms. The number of aryl methyl sites for hydroxylation is 2. The smallest absolute Gasteiger partial charge is 0.340 e. The Bertz CT molecular complexity index is 715. The van der Waals surface area contributed by atoms with Gasteiger partial charge in [0.1, 0.15) is 0 Å². The molecule has 2 rings (SSSR count). The molecule has 1 aromatic carbocycles. The molecule has 122 valence electrons. The van der Waals surface area contributed by atoms with E-state index >= 15 is 0 Å². The molecule has 5 heteroatoms. The van der Waals surface area contributed by atoms with Crippen LogP contribution in [0, 0.1) is 20.8 Å². The second kappa shape index (κ2) is 7.13. The molecule has 0 unspecified atom stereocenters. The summed E-state index contributed by atoms with van der Waals surface area (Å²) < 4.78 is 7.08. The molecule has 0 aliphatic rings. The molecule has 5 nitrogen and oxygen atoms in total. The van der Waals surface area contributed by atoms with Crippen molar-refractivity contribution in [1.82, 2.24) is 9.88 Å². The third kappa shape index (κ3) is 3.80. The van der Waals surface area contributed by atoms with Gasteiger partial charge in [0.2, 0.25) is 0 Å². The fraction of sp³-hybridized carbons (Fsp3) is 0.333. The third-order valence-electron chi connectivity index (χ3n) is 3.65. The summed E-state index contributed by atoms with van der Waals surface area (Å²) in [4.78, 5) is 23.6. The summed E-state index contributed by atoms with van der Waals surface area (Å²) in [5.74, 6) is -0.782. The number of nitrogens with one attached hydrogen (secondary N) is 1. The standard InChI is InChI=1S/C18H22N2O3/c1-5-19-17(21)11-23-18(22)16-10-13(3)20(14(16)4)15-8-6-12(2)7-9-15/h6-10H,5,11H2,1-4H3,(H,19,21). The maximum Gasteiger partial charge on any atom is 0.340 e. The van der Waals surface area contributed by atoms with E-state index in [0.29, 0.717) is 12.1 Å². The Morgan fingerprint density at radius 1 is 1.13 bits per heavy atom. The molecule has 0 radical (unpaired) electrons. The zero-order valence-electron chi connectivity index (χ0n) is 14.0. The molecule has 0 fully saturated rings. The summed E-state index contributed by atoms with van der Waals surface area (Å²) in [5.41, 5.74) is 4.39. The molecule has 0 aliphatic carbocycles. The fourth-order valence-electron chi connectivity index (χ4n) is 2.52. The minimum atomic E-state index is -0.484. The number of benzene rings is 1. The molecule has 1 heterocycles. The molecule has 0 saturated carbocycles. The van der Waals surface area contributed by atoms with E-state index in [1.54, 1.807) is 6.07 Å². The molecule has 1 amide bonds. The lowest BCUT2D eigenvalue weighted by Crippen LogP contribution is -2.28. The fourth-order valence-corrected chi connectivity index (χ4v) is 2.52. The Morgan fingerprint density at radius 2 is 1.78 bits per heavy atom. The van der Waals surface area contributed by atoms with Crippen molar-refractivity contribution in [3.63, 3.8) is 0 Å². The molecule has 0 aliphatic heterocycles. The van der Waals surface area contributed by atoms with E-state index in [1.807, 2.05) is 56.5 Å². The van der Waals surface area contributed by atoms with Crippen LogP contribution in [0.1, 0.15) is 34.2 Å². The minimum Gasteiger partial charge on any atom is -0.452 e. The first-order valence-electron chi connectivity index (χ1n) is 7.63. The monoisotopic (exact) mass is 314 g/mol. The zero-order chi connectivity index (χ0) is 17.0. The molecule has 23 heavy (non-hydrogen) atoms. The number of hydrogen-bond donors (Lipinski definition) is 1. The molecule has 1 N–H and O–H groups in total. The highest BCUT2D eigenvalue weighted by Gasteiger charge is 2.18. The number of likely N-dealkylation sites (N-methyl/N-ethyl adjacent to an activating group) is 1. The van der Waals surface area contributed by atoms with Crippen molar-refractivity contribution in [3.8, 4) is 5.69 Å². The summed E-state index contributed by atoms with van der Waals surface area (Å²) in [7, 11) is 0. The molecular weight excluding hydrogens is 292 g/mol. The van der Waals surface area contributed by atoms with Gasteiger partial charge in [0.15, 0.2) is 6.61 Å². The molecular formula is C18H22N2O3. The molecule has 1 aromatic heterocycles. The van der Waals surface area contributed by atoms with Gasteiger partial charge in [-0.15, -0.1) is 0 Å².